The van der Waals surface area contributed by atoms with Crippen LogP contribution in [0.3, 0.4) is 0 Å². The van der Waals surface area contributed by atoms with Crippen LogP contribution in [-0.4, -0.2) is 27.6 Å². The molecule has 3 aliphatic rings. The molecule has 3 N–H and O–H groups in total. The van der Waals surface area contributed by atoms with Gasteiger partial charge in [-0.05, 0) is 56.1 Å². The second-order valence-electron chi connectivity index (χ2n) is 8.42. The smallest absolute Gasteiger partial charge is 0.271 e. The molecule has 1 aliphatic carbocycles. The van der Waals surface area contributed by atoms with E-state index in [1.165, 1.54) is 17.6 Å². The number of pyridine rings is 1. The molecule has 0 unspecified atom stereocenters. The molecular weight excluding hydrogens is 379 g/mol. The molecule has 0 radical (unpaired) electrons. The largest absolute Gasteiger partial charge is 0.364 e. The summed E-state index contributed by atoms with van der Waals surface area (Å²) in [6.07, 6.45) is 5.58. The lowest BCUT2D eigenvalue weighted by atomic mass is 10.00. The van der Waals surface area contributed by atoms with Crippen molar-refractivity contribution in [1.29, 1.82) is 0 Å². The number of halogens is 1. The van der Waals surface area contributed by atoms with Crippen molar-refractivity contribution < 1.29 is 4.39 Å². The molecule has 1 saturated carbocycles. The van der Waals surface area contributed by atoms with Gasteiger partial charge in [0.2, 0.25) is 5.43 Å². The van der Waals surface area contributed by atoms with E-state index in [-0.39, 0.29) is 40.3 Å². The number of hydrogen-bond acceptors (Lipinski definition) is 5. The Morgan fingerprint density at radius 1 is 1.21 bits per heavy atom. The van der Waals surface area contributed by atoms with E-state index in [4.69, 9.17) is 5.73 Å². The SMILES string of the molecule is N[C@H]1C[C@H]2CCCc3c(c(F)cc4c(=O)c5c(=O)[nH]sc5n(C5CC5)c34)N2C1. The molecule has 6 rings (SSSR count). The summed E-state index contributed by atoms with van der Waals surface area (Å²) in [7, 11) is 0. The molecule has 6 nitrogen and oxygen atoms in total. The highest BCUT2D eigenvalue weighted by Crippen LogP contribution is 2.45. The highest BCUT2D eigenvalue weighted by molar-refractivity contribution is 7.12. The second kappa shape index (κ2) is 5.67. The van der Waals surface area contributed by atoms with E-state index >= 15 is 4.39 Å². The summed E-state index contributed by atoms with van der Waals surface area (Å²) in [5.74, 6) is -0.367. The van der Waals surface area contributed by atoms with Gasteiger partial charge in [-0.15, -0.1) is 0 Å². The van der Waals surface area contributed by atoms with Crippen molar-refractivity contribution in [2.45, 2.75) is 56.7 Å². The zero-order valence-electron chi connectivity index (χ0n) is 15.3. The average Bonchev–Trinajstić information content (AvgIpc) is 3.36. The van der Waals surface area contributed by atoms with Crippen LogP contribution in [0.1, 0.15) is 43.7 Å². The fourth-order valence-corrected chi connectivity index (χ4v) is 6.19. The lowest BCUT2D eigenvalue weighted by molar-refractivity contribution is 0.574. The molecule has 28 heavy (non-hydrogen) atoms. The second-order valence-corrected chi connectivity index (χ2v) is 9.21. The first-order valence-electron chi connectivity index (χ1n) is 9.97. The van der Waals surface area contributed by atoms with Gasteiger partial charge in [0.05, 0.1) is 11.2 Å². The highest BCUT2D eigenvalue weighted by atomic mass is 32.1. The van der Waals surface area contributed by atoms with E-state index in [0.29, 0.717) is 22.4 Å². The molecule has 2 aromatic heterocycles. The standard InChI is InChI=1S/C20H21FN4O2S/c21-14-7-13-16(12-3-1-2-11-6-9(22)8-24(11)17(12)14)25(10-4-5-10)20-15(18(13)26)19(27)23-28-20/h7,9-11H,1-6,8,22H2,(H,23,27)/t9-,11+/m0/s1. The molecule has 4 heterocycles. The molecule has 1 aromatic carbocycles. The Morgan fingerprint density at radius 2 is 2.04 bits per heavy atom. The Morgan fingerprint density at radius 3 is 2.82 bits per heavy atom. The molecule has 8 heteroatoms. The summed E-state index contributed by atoms with van der Waals surface area (Å²) in [4.78, 5) is 28.2. The van der Waals surface area contributed by atoms with Gasteiger partial charge in [0.1, 0.15) is 16.0 Å². The van der Waals surface area contributed by atoms with Gasteiger partial charge < -0.3 is 15.2 Å². The summed E-state index contributed by atoms with van der Waals surface area (Å²) in [5, 5.41) is 0.500. The molecule has 3 aromatic rings. The third kappa shape index (κ3) is 2.16. The predicted octanol–water partition coefficient (Wildman–Crippen LogP) is 2.62. The van der Waals surface area contributed by atoms with Gasteiger partial charge in [-0.25, -0.2) is 4.39 Å². The summed E-state index contributed by atoms with van der Waals surface area (Å²) in [6.45, 7) is 0.646. The molecule has 0 bridgehead atoms. The Labute approximate surface area is 163 Å². The summed E-state index contributed by atoms with van der Waals surface area (Å²) in [6, 6.07) is 1.94. The van der Waals surface area contributed by atoms with Crippen LogP contribution < -0.4 is 21.6 Å². The molecule has 2 aliphatic heterocycles. The van der Waals surface area contributed by atoms with Crippen LogP contribution in [0.15, 0.2) is 15.7 Å². The topological polar surface area (TPSA) is 84.1 Å². The van der Waals surface area contributed by atoms with Crippen LogP contribution in [0, 0.1) is 5.82 Å². The number of H-pyrrole nitrogens is 1. The lowest BCUT2D eigenvalue weighted by Crippen LogP contribution is -2.31. The van der Waals surface area contributed by atoms with Crippen molar-refractivity contribution in [3.8, 4) is 0 Å². The summed E-state index contributed by atoms with van der Waals surface area (Å²) >= 11 is 1.22. The number of nitrogens with two attached hydrogens (primary N) is 1. The zero-order valence-corrected chi connectivity index (χ0v) is 16.2. The van der Waals surface area contributed by atoms with Gasteiger partial charge in [0.25, 0.3) is 5.56 Å². The van der Waals surface area contributed by atoms with E-state index in [2.05, 4.69) is 13.8 Å². The number of benzene rings is 1. The van der Waals surface area contributed by atoms with Crippen molar-refractivity contribution in [1.82, 2.24) is 8.94 Å². The maximum absolute atomic E-state index is 15.4. The molecule has 1 saturated heterocycles. The van der Waals surface area contributed by atoms with Gasteiger partial charge in [-0.2, -0.15) is 0 Å². The average molecular weight is 400 g/mol. The normalized spacial score (nSPS) is 24.6. The molecule has 2 fully saturated rings. The van der Waals surface area contributed by atoms with E-state index in [0.717, 1.165) is 49.6 Å². The first-order chi connectivity index (χ1) is 13.5. The first-order valence-corrected chi connectivity index (χ1v) is 10.8. The van der Waals surface area contributed by atoms with Crippen molar-refractivity contribution in [3.05, 3.63) is 38.0 Å². The third-order valence-electron chi connectivity index (χ3n) is 6.55. The van der Waals surface area contributed by atoms with E-state index in [9.17, 15) is 9.59 Å². The lowest BCUT2D eigenvalue weighted by Gasteiger charge is -2.27. The minimum Gasteiger partial charge on any atom is -0.364 e. The summed E-state index contributed by atoms with van der Waals surface area (Å²) < 4.78 is 20.2. The van der Waals surface area contributed by atoms with Crippen LogP contribution in [0.25, 0.3) is 21.1 Å². The number of rotatable bonds is 1. The van der Waals surface area contributed by atoms with Crippen molar-refractivity contribution in [2.24, 2.45) is 5.73 Å². The third-order valence-corrected chi connectivity index (χ3v) is 7.43. The van der Waals surface area contributed by atoms with Crippen LogP contribution >= 0.6 is 11.5 Å². The molecule has 0 amide bonds. The first kappa shape index (κ1) is 16.7. The minimum absolute atomic E-state index is 0.0501. The van der Waals surface area contributed by atoms with Crippen LogP contribution in [-0.2, 0) is 6.42 Å². The molecule has 2 atom stereocenters. The molecule has 146 valence electrons. The van der Waals surface area contributed by atoms with E-state index in [1.54, 1.807) is 0 Å². The Kier molecular flexibility index (Phi) is 3.39. The zero-order chi connectivity index (χ0) is 19.2. The Balaban J connectivity index is 1.78. The van der Waals surface area contributed by atoms with Crippen LogP contribution in [0.5, 0.6) is 0 Å². The van der Waals surface area contributed by atoms with Gasteiger partial charge in [-0.3, -0.25) is 14.0 Å². The molecule has 0 spiro atoms. The quantitative estimate of drug-likeness (QED) is 0.658. The number of aromatic nitrogens is 2. The number of nitrogens with zero attached hydrogens (tertiary/aromatic N) is 2. The fraction of sp³-hybridized carbons (Fsp3) is 0.500. The minimum atomic E-state index is -0.373. The van der Waals surface area contributed by atoms with Gasteiger partial charge in [0, 0.05) is 35.6 Å². The fourth-order valence-electron chi connectivity index (χ4n) is 5.27. The number of anilines is 1. The van der Waals surface area contributed by atoms with Gasteiger partial charge in [0.15, 0.2) is 0 Å². The van der Waals surface area contributed by atoms with Crippen molar-refractivity contribution in [2.75, 3.05) is 11.4 Å². The number of nitrogens with one attached hydrogen (secondary N) is 1. The number of aryl methyl sites for hydroxylation is 1. The Bertz CT molecular complexity index is 1260. The maximum atomic E-state index is 15.4. The maximum Gasteiger partial charge on any atom is 0.271 e. The number of hydrogen-bond donors (Lipinski definition) is 2. The van der Waals surface area contributed by atoms with Crippen molar-refractivity contribution in [3.63, 3.8) is 0 Å². The highest BCUT2D eigenvalue weighted by Gasteiger charge is 2.37. The van der Waals surface area contributed by atoms with Crippen LogP contribution in [0.4, 0.5) is 10.1 Å². The van der Waals surface area contributed by atoms with Gasteiger partial charge in [-0.1, -0.05) is 0 Å². The van der Waals surface area contributed by atoms with Gasteiger partial charge >= 0.3 is 0 Å². The van der Waals surface area contributed by atoms with Crippen molar-refractivity contribution >= 4 is 38.3 Å². The van der Waals surface area contributed by atoms with Crippen LogP contribution in [0.2, 0.25) is 0 Å². The number of fused-ring (bicyclic) bond motifs is 6. The summed E-state index contributed by atoms with van der Waals surface area (Å²) in [5.41, 5.74) is 7.83. The monoisotopic (exact) mass is 400 g/mol. The van der Waals surface area contributed by atoms with E-state index < -0.39 is 0 Å². The Hall–Kier alpha value is -2.19. The predicted molar refractivity (Wildman–Crippen MR) is 109 cm³/mol. The number of aromatic amines is 1. The molecular formula is C20H21FN4O2S. The van der Waals surface area contributed by atoms with E-state index in [1.807, 2.05) is 0 Å².